The Morgan fingerprint density at radius 2 is 2.03 bits per heavy atom. The molecular formula is C24H36N6O2. The second-order valence-electron chi connectivity index (χ2n) is 9.28. The summed E-state index contributed by atoms with van der Waals surface area (Å²) in [5.41, 5.74) is 1.25. The second-order valence-corrected chi connectivity index (χ2v) is 9.28. The van der Waals surface area contributed by atoms with Crippen molar-refractivity contribution in [1.82, 2.24) is 24.8 Å². The van der Waals surface area contributed by atoms with Gasteiger partial charge >= 0.3 is 0 Å². The van der Waals surface area contributed by atoms with Crippen molar-refractivity contribution in [3.8, 4) is 0 Å². The molecule has 0 saturated carbocycles. The summed E-state index contributed by atoms with van der Waals surface area (Å²) in [6.07, 6.45) is 6.80. The van der Waals surface area contributed by atoms with E-state index in [9.17, 15) is 9.59 Å². The van der Waals surface area contributed by atoms with E-state index in [2.05, 4.69) is 27.1 Å². The van der Waals surface area contributed by atoms with E-state index in [-0.39, 0.29) is 17.4 Å². The second kappa shape index (κ2) is 10.4. The van der Waals surface area contributed by atoms with E-state index in [1.54, 1.807) is 10.8 Å². The molecule has 1 amide bonds. The van der Waals surface area contributed by atoms with Gasteiger partial charge in [0.2, 0.25) is 5.91 Å². The van der Waals surface area contributed by atoms with Crippen LogP contribution < -0.4 is 15.8 Å². The maximum Gasteiger partial charge on any atom is 0.295 e. The fourth-order valence-electron chi connectivity index (χ4n) is 5.06. The van der Waals surface area contributed by atoms with Gasteiger partial charge < -0.3 is 15.1 Å². The van der Waals surface area contributed by atoms with Gasteiger partial charge in [0, 0.05) is 44.8 Å². The van der Waals surface area contributed by atoms with Gasteiger partial charge in [0.15, 0.2) is 11.5 Å². The third-order valence-corrected chi connectivity index (χ3v) is 6.86. The van der Waals surface area contributed by atoms with Crippen LogP contribution in [0.15, 0.2) is 23.1 Å². The first kappa shape index (κ1) is 22.7. The van der Waals surface area contributed by atoms with Crippen molar-refractivity contribution in [2.45, 2.75) is 52.5 Å². The largest absolute Gasteiger partial charge is 0.356 e. The molecule has 0 spiro atoms. The van der Waals surface area contributed by atoms with Crippen LogP contribution in [0.3, 0.4) is 0 Å². The molecule has 1 atom stereocenters. The number of aryl methyl sites for hydroxylation is 1. The van der Waals surface area contributed by atoms with E-state index in [4.69, 9.17) is 0 Å². The minimum Gasteiger partial charge on any atom is -0.356 e. The van der Waals surface area contributed by atoms with Gasteiger partial charge in [0.1, 0.15) is 5.52 Å². The van der Waals surface area contributed by atoms with Gasteiger partial charge in [0.05, 0.1) is 0 Å². The SMILES string of the molecule is CCn1c(=O)c(N2CCC(C(=O)NCCCN3CCCC(C)C3)CC2)nc2cccnc21. The first-order valence-corrected chi connectivity index (χ1v) is 12.2. The Morgan fingerprint density at radius 3 is 2.78 bits per heavy atom. The number of amides is 1. The van der Waals surface area contributed by atoms with Crippen LogP contribution >= 0.6 is 0 Å². The van der Waals surface area contributed by atoms with Crippen LogP contribution in [-0.4, -0.2) is 64.6 Å². The average Bonchev–Trinajstić information content (AvgIpc) is 2.81. The Labute approximate surface area is 190 Å². The van der Waals surface area contributed by atoms with Crippen molar-refractivity contribution < 1.29 is 4.79 Å². The summed E-state index contributed by atoms with van der Waals surface area (Å²) in [5.74, 6) is 1.43. The highest BCUT2D eigenvalue weighted by atomic mass is 16.2. The third kappa shape index (κ3) is 5.11. The molecule has 0 radical (unpaired) electrons. The summed E-state index contributed by atoms with van der Waals surface area (Å²) in [6.45, 7) is 10.3. The molecule has 0 aromatic carbocycles. The zero-order valence-corrected chi connectivity index (χ0v) is 19.4. The number of carbonyl (C=O) groups is 1. The molecule has 2 saturated heterocycles. The lowest BCUT2D eigenvalue weighted by Crippen LogP contribution is -2.44. The molecule has 2 aromatic heterocycles. The van der Waals surface area contributed by atoms with Crippen LogP contribution in [0.5, 0.6) is 0 Å². The summed E-state index contributed by atoms with van der Waals surface area (Å²) in [4.78, 5) is 39.1. The quantitative estimate of drug-likeness (QED) is 0.665. The highest BCUT2D eigenvalue weighted by Gasteiger charge is 2.27. The number of fused-ring (bicyclic) bond motifs is 1. The molecule has 2 fully saturated rings. The number of likely N-dealkylation sites (tertiary alicyclic amines) is 1. The van der Waals surface area contributed by atoms with Gasteiger partial charge in [-0.15, -0.1) is 0 Å². The summed E-state index contributed by atoms with van der Waals surface area (Å²) >= 11 is 0. The minimum absolute atomic E-state index is 0.0109. The standard InChI is InChI=1S/C24H36N6O2/c1-3-30-21-20(8-4-11-25-21)27-22(24(30)32)29-15-9-19(10-16-29)23(31)26-12-6-14-28-13-5-7-18(2)17-28/h4,8,11,18-19H,3,5-7,9-10,12-17H2,1-2H3,(H,26,31). The maximum absolute atomic E-state index is 13.0. The molecule has 0 bridgehead atoms. The van der Waals surface area contributed by atoms with E-state index >= 15 is 0 Å². The summed E-state index contributed by atoms with van der Waals surface area (Å²) in [7, 11) is 0. The van der Waals surface area contributed by atoms with E-state index in [1.807, 2.05) is 24.0 Å². The van der Waals surface area contributed by atoms with Crippen molar-refractivity contribution >= 4 is 22.9 Å². The van der Waals surface area contributed by atoms with Gasteiger partial charge in [-0.1, -0.05) is 6.92 Å². The molecule has 0 aliphatic carbocycles. The van der Waals surface area contributed by atoms with Gasteiger partial charge in [-0.3, -0.25) is 14.2 Å². The van der Waals surface area contributed by atoms with Crippen LogP contribution in [0, 0.1) is 11.8 Å². The minimum atomic E-state index is -0.103. The number of carbonyl (C=O) groups excluding carboxylic acids is 1. The summed E-state index contributed by atoms with van der Waals surface area (Å²) in [6, 6.07) is 3.73. The van der Waals surface area contributed by atoms with Crippen molar-refractivity contribution in [1.29, 1.82) is 0 Å². The van der Waals surface area contributed by atoms with Crippen LogP contribution in [0.2, 0.25) is 0 Å². The Kier molecular flexibility index (Phi) is 7.40. The van der Waals surface area contributed by atoms with Crippen LogP contribution in [0.25, 0.3) is 11.2 Å². The maximum atomic E-state index is 13.0. The normalized spacial score (nSPS) is 20.6. The monoisotopic (exact) mass is 440 g/mol. The molecular weight excluding hydrogens is 404 g/mol. The zero-order chi connectivity index (χ0) is 22.5. The van der Waals surface area contributed by atoms with Crippen LogP contribution in [0.1, 0.15) is 46.0 Å². The number of aromatic nitrogens is 3. The van der Waals surface area contributed by atoms with Gasteiger partial charge in [-0.2, -0.15) is 0 Å². The molecule has 1 unspecified atom stereocenters. The van der Waals surface area contributed by atoms with Crippen LogP contribution in [-0.2, 0) is 11.3 Å². The lowest BCUT2D eigenvalue weighted by Gasteiger charge is -2.32. The molecule has 2 aliphatic heterocycles. The number of pyridine rings is 1. The van der Waals surface area contributed by atoms with Crippen molar-refractivity contribution in [3.05, 3.63) is 28.7 Å². The van der Waals surface area contributed by atoms with E-state index in [0.717, 1.165) is 43.8 Å². The number of piperidine rings is 2. The van der Waals surface area contributed by atoms with E-state index in [0.29, 0.717) is 31.1 Å². The zero-order valence-electron chi connectivity index (χ0n) is 19.4. The third-order valence-electron chi connectivity index (χ3n) is 6.86. The Hall–Kier alpha value is -2.48. The number of nitrogens with one attached hydrogen (secondary N) is 1. The molecule has 2 aromatic rings. The van der Waals surface area contributed by atoms with Crippen molar-refractivity contribution in [2.75, 3.05) is 44.2 Å². The van der Waals surface area contributed by atoms with Crippen molar-refractivity contribution in [2.24, 2.45) is 11.8 Å². The molecule has 4 heterocycles. The fourth-order valence-corrected chi connectivity index (χ4v) is 5.06. The first-order chi connectivity index (χ1) is 15.6. The molecule has 1 N–H and O–H groups in total. The average molecular weight is 441 g/mol. The predicted octanol–water partition coefficient (Wildman–Crippen LogP) is 2.27. The lowest BCUT2D eigenvalue weighted by molar-refractivity contribution is -0.125. The van der Waals surface area contributed by atoms with Gasteiger partial charge in [-0.05, 0) is 70.2 Å². The molecule has 4 rings (SSSR count). The predicted molar refractivity (Wildman–Crippen MR) is 127 cm³/mol. The number of hydrogen-bond donors (Lipinski definition) is 1. The number of nitrogens with zero attached hydrogens (tertiary/aromatic N) is 5. The lowest BCUT2D eigenvalue weighted by atomic mass is 9.96. The topological polar surface area (TPSA) is 83.4 Å². The summed E-state index contributed by atoms with van der Waals surface area (Å²) < 4.78 is 1.68. The number of hydrogen-bond acceptors (Lipinski definition) is 6. The summed E-state index contributed by atoms with van der Waals surface area (Å²) in [5, 5.41) is 3.14. The Balaban J connectivity index is 1.28. The van der Waals surface area contributed by atoms with Crippen LogP contribution in [0.4, 0.5) is 5.82 Å². The highest BCUT2D eigenvalue weighted by Crippen LogP contribution is 2.22. The highest BCUT2D eigenvalue weighted by molar-refractivity contribution is 5.79. The molecule has 174 valence electrons. The Bertz CT molecular complexity index is 982. The van der Waals surface area contributed by atoms with Gasteiger partial charge in [0.25, 0.3) is 5.56 Å². The number of rotatable bonds is 7. The number of anilines is 1. The van der Waals surface area contributed by atoms with E-state index < -0.39 is 0 Å². The Morgan fingerprint density at radius 1 is 1.22 bits per heavy atom. The molecule has 8 nitrogen and oxygen atoms in total. The molecule has 32 heavy (non-hydrogen) atoms. The first-order valence-electron chi connectivity index (χ1n) is 12.2. The van der Waals surface area contributed by atoms with Gasteiger partial charge in [-0.25, -0.2) is 9.97 Å². The fraction of sp³-hybridized carbons (Fsp3) is 0.667. The smallest absolute Gasteiger partial charge is 0.295 e. The molecule has 2 aliphatic rings. The van der Waals surface area contributed by atoms with E-state index in [1.165, 1.54) is 25.9 Å². The van der Waals surface area contributed by atoms with Crippen molar-refractivity contribution in [3.63, 3.8) is 0 Å². The molecule has 8 heteroatoms.